The Morgan fingerprint density at radius 1 is 1.16 bits per heavy atom. The van der Waals surface area contributed by atoms with Crippen molar-refractivity contribution in [2.24, 2.45) is 0 Å². The molecule has 164 valence electrons. The van der Waals surface area contributed by atoms with Gasteiger partial charge in [-0.15, -0.1) is 0 Å². The normalized spacial score (nSPS) is 20.5. The summed E-state index contributed by atoms with van der Waals surface area (Å²) in [5.41, 5.74) is 4.06. The molecule has 1 N–H and O–H groups in total. The molecule has 2 saturated heterocycles. The van der Waals surface area contributed by atoms with Crippen LogP contribution in [0.2, 0.25) is 0 Å². The predicted octanol–water partition coefficient (Wildman–Crippen LogP) is 3.97. The number of likely N-dealkylation sites (tertiary alicyclic amines) is 1. The first kappa shape index (κ1) is 20.3. The second kappa shape index (κ2) is 8.48. The topological polar surface area (TPSA) is 74.6 Å². The minimum absolute atomic E-state index is 0.0351. The number of nitrogens with one attached hydrogen (secondary N) is 1. The highest BCUT2D eigenvalue weighted by Gasteiger charge is 2.33. The summed E-state index contributed by atoms with van der Waals surface area (Å²) in [7, 11) is 0. The number of ether oxygens (including phenoxy) is 1. The number of nitrogens with zero attached hydrogens (tertiary/aromatic N) is 3. The van der Waals surface area contributed by atoms with E-state index in [2.05, 4.69) is 28.9 Å². The molecule has 1 atom stereocenters. The molecule has 3 aromatic rings. The number of imidazole rings is 1. The van der Waals surface area contributed by atoms with Gasteiger partial charge in [-0.1, -0.05) is 6.07 Å². The molecule has 2 aliphatic heterocycles. The van der Waals surface area contributed by atoms with Crippen LogP contribution in [-0.4, -0.2) is 58.5 Å². The van der Waals surface area contributed by atoms with E-state index in [1.54, 1.807) is 0 Å². The molecule has 2 aliphatic rings. The molecule has 0 radical (unpaired) electrons. The Balaban J connectivity index is 1.38. The lowest BCUT2D eigenvalue weighted by Gasteiger charge is -2.34. The van der Waals surface area contributed by atoms with E-state index in [1.807, 2.05) is 24.0 Å². The van der Waals surface area contributed by atoms with Crippen LogP contribution in [0.3, 0.4) is 0 Å². The van der Waals surface area contributed by atoms with E-state index in [4.69, 9.17) is 14.1 Å². The van der Waals surface area contributed by atoms with E-state index in [0.29, 0.717) is 12.3 Å². The average Bonchev–Trinajstić information content (AvgIpc) is 3.36. The molecule has 5 rings (SSSR count). The number of furan rings is 1. The molecule has 1 amide bonds. The molecular formula is C24H30N4O3. The summed E-state index contributed by atoms with van der Waals surface area (Å²) in [5.74, 6) is 2.14. The van der Waals surface area contributed by atoms with Gasteiger partial charge in [0.2, 0.25) is 0 Å². The average molecular weight is 423 g/mol. The summed E-state index contributed by atoms with van der Waals surface area (Å²) in [4.78, 5) is 26.1. The second-order valence-corrected chi connectivity index (χ2v) is 8.77. The number of carbonyl (C=O) groups excluding carboxylic acids is 1. The standard InChI is InChI=1S/C24H30N4O3/c1-16-6-7-19-20(13-16)26-23(25-19)21-5-3-4-8-28(21)24(29)22-17(2)14-18(31-22)15-27-9-11-30-12-10-27/h6-7,13-14,21H,3-5,8-12,15H2,1-2H3,(H,25,26)/t21-/m1/s1. The van der Waals surface area contributed by atoms with Crippen molar-refractivity contribution in [1.82, 2.24) is 19.8 Å². The van der Waals surface area contributed by atoms with Crippen LogP contribution in [0.4, 0.5) is 0 Å². The van der Waals surface area contributed by atoms with E-state index < -0.39 is 0 Å². The van der Waals surface area contributed by atoms with Gasteiger partial charge in [-0.05, 0) is 56.9 Å². The largest absolute Gasteiger partial charge is 0.454 e. The molecule has 31 heavy (non-hydrogen) atoms. The minimum atomic E-state index is -0.0545. The number of H-pyrrole nitrogens is 1. The molecular weight excluding hydrogens is 392 g/mol. The van der Waals surface area contributed by atoms with Crippen molar-refractivity contribution in [3.05, 3.63) is 52.7 Å². The lowest BCUT2D eigenvalue weighted by molar-refractivity contribution is 0.0307. The van der Waals surface area contributed by atoms with Crippen molar-refractivity contribution in [2.45, 2.75) is 45.7 Å². The van der Waals surface area contributed by atoms with E-state index in [0.717, 1.165) is 80.3 Å². The fourth-order valence-electron chi connectivity index (χ4n) is 4.71. The number of rotatable bonds is 4. The van der Waals surface area contributed by atoms with Gasteiger partial charge in [-0.25, -0.2) is 4.98 Å². The van der Waals surface area contributed by atoms with Gasteiger partial charge in [0.05, 0.1) is 36.8 Å². The zero-order valence-corrected chi connectivity index (χ0v) is 18.3. The summed E-state index contributed by atoms with van der Waals surface area (Å²) in [6.07, 6.45) is 3.00. The number of aromatic nitrogens is 2. The van der Waals surface area contributed by atoms with Crippen LogP contribution < -0.4 is 0 Å². The quantitative estimate of drug-likeness (QED) is 0.689. The van der Waals surface area contributed by atoms with Crippen LogP contribution in [0.25, 0.3) is 11.0 Å². The number of hydrogen-bond acceptors (Lipinski definition) is 5. The maximum atomic E-state index is 13.5. The Morgan fingerprint density at radius 3 is 2.84 bits per heavy atom. The molecule has 0 bridgehead atoms. The summed E-state index contributed by atoms with van der Waals surface area (Å²) in [6.45, 7) is 8.75. The third-order valence-electron chi connectivity index (χ3n) is 6.38. The van der Waals surface area contributed by atoms with Crippen molar-refractivity contribution in [3.8, 4) is 0 Å². The Hall–Kier alpha value is -2.64. The van der Waals surface area contributed by atoms with Crippen LogP contribution >= 0.6 is 0 Å². The number of carbonyl (C=O) groups is 1. The highest BCUT2D eigenvalue weighted by atomic mass is 16.5. The van der Waals surface area contributed by atoms with Gasteiger partial charge in [-0.3, -0.25) is 9.69 Å². The molecule has 4 heterocycles. The fourth-order valence-corrected chi connectivity index (χ4v) is 4.71. The van der Waals surface area contributed by atoms with Gasteiger partial charge in [0.1, 0.15) is 11.6 Å². The zero-order chi connectivity index (χ0) is 21.4. The van der Waals surface area contributed by atoms with Crippen molar-refractivity contribution in [1.29, 1.82) is 0 Å². The first-order chi connectivity index (χ1) is 15.1. The van der Waals surface area contributed by atoms with Crippen LogP contribution in [0.15, 0.2) is 28.7 Å². The Morgan fingerprint density at radius 2 is 2.00 bits per heavy atom. The minimum Gasteiger partial charge on any atom is -0.454 e. The Bertz CT molecular complexity index is 1080. The number of amides is 1. The summed E-state index contributed by atoms with van der Waals surface area (Å²) < 4.78 is 11.5. The molecule has 2 fully saturated rings. The van der Waals surface area contributed by atoms with E-state index in [-0.39, 0.29) is 11.9 Å². The number of aromatic amines is 1. The third-order valence-corrected chi connectivity index (χ3v) is 6.38. The van der Waals surface area contributed by atoms with Crippen LogP contribution in [0, 0.1) is 13.8 Å². The number of benzene rings is 1. The molecule has 0 unspecified atom stereocenters. The van der Waals surface area contributed by atoms with Crippen molar-refractivity contribution >= 4 is 16.9 Å². The monoisotopic (exact) mass is 422 g/mol. The SMILES string of the molecule is Cc1ccc2nc([C@H]3CCCCN3C(=O)c3oc(CN4CCOCC4)cc3C)[nH]c2c1. The summed E-state index contributed by atoms with van der Waals surface area (Å²) >= 11 is 0. The van der Waals surface area contributed by atoms with Crippen LogP contribution in [0.5, 0.6) is 0 Å². The van der Waals surface area contributed by atoms with Gasteiger partial charge in [0, 0.05) is 25.2 Å². The maximum Gasteiger partial charge on any atom is 0.290 e. The smallest absolute Gasteiger partial charge is 0.290 e. The highest BCUT2D eigenvalue weighted by molar-refractivity contribution is 5.93. The number of piperidine rings is 1. The van der Waals surface area contributed by atoms with Gasteiger partial charge >= 0.3 is 0 Å². The van der Waals surface area contributed by atoms with Gasteiger partial charge < -0.3 is 19.0 Å². The first-order valence-electron chi connectivity index (χ1n) is 11.2. The third kappa shape index (κ3) is 4.12. The highest BCUT2D eigenvalue weighted by Crippen LogP contribution is 2.33. The number of hydrogen-bond donors (Lipinski definition) is 1. The van der Waals surface area contributed by atoms with Crippen molar-refractivity contribution in [3.63, 3.8) is 0 Å². The Labute approximate surface area is 182 Å². The molecule has 2 aromatic heterocycles. The summed E-state index contributed by atoms with van der Waals surface area (Å²) in [5, 5.41) is 0. The van der Waals surface area contributed by atoms with E-state index in [9.17, 15) is 4.79 Å². The lowest BCUT2D eigenvalue weighted by atomic mass is 10.0. The molecule has 7 nitrogen and oxygen atoms in total. The van der Waals surface area contributed by atoms with Crippen LogP contribution in [0.1, 0.15) is 58.6 Å². The van der Waals surface area contributed by atoms with Crippen molar-refractivity contribution < 1.29 is 13.9 Å². The number of morpholine rings is 1. The van der Waals surface area contributed by atoms with Gasteiger partial charge in [0.25, 0.3) is 5.91 Å². The molecule has 7 heteroatoms. The molecule has 1 aromatic carbocycles. The lowest BCUT2D eigenvalue weighted by Crippen LogP contribution is -2.39. The zero-order valence-electron chi connectivity index (χ0n) is 18.3. The molecule has 0 saturated carbocycles. The molecule has 0 aliphatic carbocycles. The second-order valence-electron chi connectivity index (χ2n) is 8.77. The fraction of sp³-hybridized carbons (Fsp3) is 0.500. The van der Waals surface area contributed by atoms with Crippen LogP contribution in [-0.2, 0) is 11.3 Å². The molecule has 0 spiro atoms. The Kier molecular flexibility index (Phi) is 5.54. The van der Waals surface area contributed by atoms with Gasteiger partial charge in [-0.2, -0.15) is 0 Å². The summed E-state index contributed by atoms with van der Waals surface area (Å²) in [6, 6.07) is 8.16. The van der Waals surface area contributed by atoms with Crippen molar-refractivity contribution in [2.75, 3.05) is 32.8 Å². The van der Waals surface area contributed by atoms with E-state index >= 15 is 0 Å². The predicted molar refractivity (Wildman–Crippen MR) is 118 cm³/mol. The van der Waals surface area contributed by atoms with Gasteiger partial charge in [0.15, 0.2) is 5.76 Å². The maximum absolute atomic E-state index is 13.5. The number of aryl methyl sites for hydroxylation is 2. The van der Waals surface area contributed by atoms with E-state index in [1.165, 1.54) is 5.56 Å². The first-order valence-corrected chi connectivity index (χ1v) is 11.2. The number of fused-ring (bicyclic) bond motifs is 1.